The molecule has 4 atom stereocenters. The van der Waals surface area contributed by atoms with Gasteiger partial charge in [0.2, 0.25) is 5.91 Å². The molecule has 0 spiro atoms. The van der Waals surface area contributed by atoms with Crippen molar-refractivity contribution in [1.82, 2.24) is 10.6 Å². The minimum Gasteiger partial charge on any atom is -0.479 e. The summed E-state index contributed by atoms with van der Waals surface area (Å²) in [5, 5.41) is 64.5. The van der Waals surface area contributed by atoms with E-state index in [2.05, 4.69) is 17.6 Å². The van der Waals surface area contributed by atoms with Crippen LogP contribution in [0.3, 0.4) is 0 Å². The Labute approximate surface area is 208 Å². The molecule has 0 aliphatic carbocycles. The van der Waals surface area contributed by atoms with Gasteiger partial charge in [0.1, 0.15) is 18.3 Å². The molecule has 208 valence electrons. The third-order valence-corrected chi connectivity index (χ3v) is 5.26. The lowest BCUT2D eigenvalue weighted by atomic mass is 10.0. The van der Waals surface area contributed by atoms with Crippen LogP contribution >= 0.6 is 0 Å². The van der Waals surface area contributed by atoms with Gasteiger partial charge in [0.15, 0.2) is 12.1 Å². The van der Waals surface area contributed by atoms with Gasteiger partial charge in [0.25, 0.3) is 0 Å². The van der Waals surface area contributed by atoms with Gasteiger partial charge in [-0.2, -0.15) is 0 Å². The van der Waals surface area contributed by atoms with E-state index in [9.17, 15) is 9.59 Å². The van der Waals surface area contributed by atoms with Crippen molar-refractivity contribution in [3.05, 3.63) is 0 Å². The molecule has 0 saturated heterocycles. The van der Waals surface area contributed by atoms with Crippen LogP contribution in [-0.4, -0.2) is 92.6 Å². The Hall–Kier alpha value is -1.99. The molecule has 0 bridgehead atoms. The largest absolute Gasteiger partial charge is 0.479 e. The van der Waals surface area contributed by atoms with Crippen molar-refractivity contribution in [2.45, 2.75) is 108 Å². The molecular formula is C23H48N4O8. The summed E-state index contributed by atoms with van der Waals surface area (Å²) in [6.45, 7) is 2.82. The normalized spacial score (nSPS) is 14.1. The Morgan fingerprint density at radius 1 is 0.800 bits per heavy atom. The average molecular weight is 509 g/mol. The molecule has 0 rings (SSSR count). The van der Waals surface area contributed by atoms with Crippen molar-refractivity contribution in [3.8, 4) is 0 Å². The number of rotatable bonds is 20. The fourth-order valence-electron chi connectivity index (χ4n) is 3.05. The van der Waals surface area contributed by atoms with Crippen molar-refractivity contribution >= 4 is 17.8 Å². The number of aliphatic carboxylic acids is 1. The highest BCUT2D eigenvalue weighted by Gasteiger charge is 2.33. The highest BCUT2D eigenvalue weighted by molar-refractivity contribution is 5.75. The number of aliphatic hydroxyl groups is 5. The second-order valence-corrected chi connectivity index (χ2v) is 8.49. The van der Waals surface area contributed by atoms with Gasteiger partial charge < -0.3 is 47.0 Å². The Balaban J connectivity index is 0. The number of carboxylic acid groups (broad SMARTS) is 1. The lowest BCUT2D eigenvalue weighted by Gasteiger charge is -2.23. The smallest absolute Gasteiger partial charge is 0.335 e. The first kappa shape index (κ1) is 35.2. The van der Waals surface area contributed by atoms with Crippen LogP contribution in [0.1, 0.15) is 84.0 Å². The highest BCUT2D eigenvalue weighted by Crippen LogP contribution is 2.10. The van der Waals surface area contributed by atoms with Gasteiger partial charge in [-0.1, -0.05) is 58.3 Å². The molecule has 0 aliphatic heterocycles. The third-order valence-electron chi connectivity index (χ3n) is 5.26. The van der Waals surface area contributed by atoms with Gasteiger partial charge in [0, 0.05) is 19.5 Å². The zero-order valence-electron chi connectivity index (χ0n) is 21.0. The summed E-state index contributed by atoms with van der Waals surface area (Å²) < 4.78 is 0. The number of carbonyl (C=O) groups is 2. The predicted octanol–water partition coefficient (Wildman–Crippen LogP) is -0.206. The van der Waals surface area contributed by atoms with Crippen molar-refractivity contribution in [3.63, 3.8) is 0 Å². The van der Waals surface area contributed by atoms with Crippen LogP contribution in [0.4, 0.5) is 0 Å². The number of guanidine groups is 1. The van der Waals surface area contributed by atoms with Gasteiger partial charge >= 0.3 is 5.97 Å². The fraction of sp³-hybridized carbons (Fsp3) is 0.870. The number of amides is 1. The van der Waals surface area contributed by atoms with Gasteiger partial charge in [-0.05, 0) is 19.3 Å². The monoisotopic (exact) mass is 508 g/mol. The maximum Gasteiger partial charge on any atom is 0.335 e. The van der Waals surface area contributed by atoms with E-state index in [1.165, 1.54) is 51.4 Å². The zero-order chi connectivity index (χ0) is 27.1. The number of unbranched alkanes of at least 4 members (excludes halogenated alkanes) is 9. The van der Waals surface area contributed by atoms with Crippen molar-refractivity contribution < 1.29 is 40.2 Å². The first-order chi connectivity index (χ1) is 16.6. The molecule has 0 saturated carbocycles. The molecule has 0 aliphatic rings. The van der Waals surface area contributed by atoms with Crippen molar-refractivity contribution in [2.24, 2.45) is 5.73 Å². The summed E-state index contributed by atoms with van der Waals surface area (Å²) in [6, 6.07) is 0. The van der Waals surface area contributed by atoms with Crippen LogP contribution in [0.2, 0.25) is 0 Å². The van der Waals surface area contributed by atoms with E-state index in [1.807, 2.05) is 0 Å². The number of carbonyl (C=O) groups excluding carboxylic acids is 1. The van der Waals surface area contributed by atoms with E-state index >= 15 is 0 Å². The molecule has 11 N–H and O–H groups in total. The first-order valence-electron chi connectivity index (χ1n) is 12.5. The maximum atomic E-state index is 11.6. The van der Waals surface area contributed by atoms with Crippen LogP contribution < -0.4 is 16.4 Å². The number of nitrogens with two attached hydrogens (primary N) is 1. The summed E-state index contributed by atoms with van der Waals surface area (Å²) in [5.41, 5.74) is 5.18. The molecule has 0 radical (unpaired) electrons. The Bertz CT molecular complexity index is 554. The number of aliphatic hydroxyl groups excluding tert-OH is 5. The SMILES string of the molecule is CCCCCCCCCCCC(=O)NCCCCNC(=N)N.O=C(O)[C@H](O)[C@@H](O)[C@H](O)[C@H](O)CO. The second kappa shape index (κ2) is 23.7. The zero-order valence-corrected chi connectivity index (χ0v) is 21.0. The summed E-state index contributed by atoms with van der Waals surface area (Å²) in [7, 11) is 0. The molecule has 0 aromatic carbocycles. The molecule has 12 heteroatoms. The standard InChI is InChI=1S/C17H36N4O.C6H12O7/c1-2-3-4-5-6-7-8-9-10-13-16(22)20-14-11-12-15-21-17(18)19;7-1-2(8)3(9)4(10)5(11)6(12)13/h2-15H2,1H3,(H,20,22)(H4,18,19,21);2-5,7-11H,1H2,(H,12,13)/t;2-,3-,4+,5-/m.1/s1. The molecule has 0 heterocycles. The van der Waals surface area contributed by atoms with Gasteiger partial charge in [-0.3, -0.25) is 10.2 Å². The van der Waals surface area contributed by atoms with Gasteiger partial charge in [-0.25, -0.2) is 4.79 Å². The van der Waals surface area contributed by atoms with E-state index in [-0.39, 0.29) is 11.9 Å². The summed E-state index contributed by atoms with van der Waals surface area (Å²) >= 11 is 0. The van der Waals surface area contributed by atoms with E-state index in [0.717, 1.165) is 25.8 Å². The Morgan fingerprint density at radius 3 is 1.74 bits per heavy atom. The van der Waals surface area contributed by atoms with Gasteiger partial charge in [-0.15, -0.1) is 0 Å². The number of hydrogen-bond donors (Lipinski definition) is 10. The molecule has 0 unspecified atom stereocenters. The van der Waals surface area contributed by atoms with Crippen LogP contribution in [0, 0.1) is 5.41 Å². The number of nitrogens with one attached hydrogen (secondary N) is 3. The lowest BCUT2D eigenvalue weighted by molar-refractivity contribution is -0.164. The predicted molar refractivity (Wildman–Crippen MR) is 133 cm³/mol. The van der Waals surface area contributed by atoms with E-state index in [0.29, 0.717) is 13.0 Å². The summed E-state index contributed by atoms with van der Waals surface area (Å²) in [6.07, 6.45) is 6.17. The van der Waals surface area contributed by atoms with Crippen LogP contribution in [0.5, 0.6) is 0 Å². The van der Waals surface area contributed by atoms with E-state index in [4.69, 9.17) is 41.8 Å². The van der Waals surface area contributed by atoms with Gasteiger partial charge in [0.05, 0.1) is 6.61 Å². The molecule has 0 aromatic heterocycles. The fourth-order valence-corrected chi connectivity index (χ4v) is 3.05. The number of hydrogen-bond acceptors (Lipinski definition) is 8. The number of carboxylic acids is 1. The molecule has 12 nitrogen and oxygen atoms in total. The topological polar surface area (TPSA) is 229 Å². The van der Waals surface area contributed by atoms with Crippen molar-refractivity contribution in [1.29, 1.82) is 5.41 Å². The quantitative estimate of drug-likeness (QED) is 0.0591. The summed E-state index contributed by atoms with van der Waals surface area (Å²) in [5.74, 6) is -1.55. The van der Waals surface area contributed by atoms with E-state index in [1.54, 1.807) is 0 Å². The minimum absolute atomic E-state index is 0.00870. The van der Waals surface area contributed by atoms with Crippen molar-refractivity contribution in [2.75, 3.05) is 19.7 Å². The van der Waals surface area contributed by atoms with E-state index < -0.39 is 37.0 Å². The third kappa shape index (κ3) is 22.2. The van der Waals surface area contributed by atoms with Crippen LogP contribution in [0.15, 0.2) is 0 Å². The lowest BCUT2D eigenvalue weighted by Crippen LogP contribution is -2.48. The maximum absolute atomic E-state index is 11.6. The Morgan fingerprint density at radius 2 is 1.29 bits per heavy atom. The molecule has 0 fully saturated rings. The minimum atomic E-state index is -2.20. The highest BCUT2D eigenvalue weighted by atomic mass is 16.4. The second-order valence-electron chi connectivity index (χ2n) is 8.49. The first-order valence-corrected chi connectivity index (χ1v) is 12.5. The summed E-state index contributed by atoms with van der Waals surface area (Å²) in [4.78, 5) is 21.7. The molecule has 35 heavy (non-hydrogen) atoms. The average Bonchev–Trinajstić information content (AvgIpc) is 2.83. The molecule has 1 amide bonds. The molecular weight excluding hydrogens is 460 g/mol. The van der Waals surface area contributed by atoms with Crippen LogP contribution in [-0.2, 0) is 9.59 Å². The Kier molecular flexibility index (Phi) is 23.9. The van der Waals surface area contributed by atoms with Crippen LogP contribution in [0.25, 0.3) is 0 Å². The molecule has 0 aromatic rings.